The molecule has 1 aromatic rings. The van der Waals surface area contributed by atoms with Crippen LogP contribution in [0.2, 0.25) is 0 Å². The molecule has 0 aliphatic heterocycles. The summed E-state index contributed by atoms with van der Waals surface area (Å²) in [7, 11) is 0. The molecule has 0 aliphatic carbocycles. The maximum Gasteiger partial charge on any atom is 0.123 e. The van der Waals surface area contributed by atoms with Gasteiger partial charge in [-0.2, -0.15) is 0 Å². The van der Waals surface area contributed by atoms with E-state index in [9.17, 15) is 8.78 Å². The Morgan fingerprint density at radius 1 is 1.29 bits per heavy atom. The zero-order chi connectivity index (χ0) is 10.4. The number of hydrogen-bond acceptors (Lipinski definition) is 1. The summed E-state index contributed by atoms with van der Waals surface area (Å²) in [5, 5.41) is 8.59. The van der Waals surface area contributed by atoms with Gasteiger partial charge in [-0.1, -0.05) is 12.1 Å². The SMILES string of the molecule is OCCCC(=CF)c1ccc(F)cc1. The summed E-state index contributed by atoms with van der Waals surface area (Å²) in [6.07, 6.45) is 1.47. The van der Waals surface area contributed by atoms with E-state index < -0.39 is 0 Å². The Balaban J connectivity index is 2.75. The predicted octanol–water partition coefficient (Wildman–Crippen LogP) is 2.91. The first-order valence-electron chi connectivity index (χ1n) is 4.44. The highest BCUT2D eigenvalue weighted by molar-refractivity contribution is 5.64. The maximum atomic E-state index is 12.6. The summed E-state index contributed by atoms with van der Waals surface area (Å²) < 4.78 is 25.0. The normalized spacial score (nSPS) is 11.8. The van der Waals surface area contributed by atoms with Crippen molar-refractivity contribution in [2.45, 2.75) is 12.8 Å². The maximum absolute atomic E-state index is 12.6. The zero-order valence-electron chi connectivity index (χ0n) is 7.71. The number of allylic oxidation sites excluding steroid dienone is 1. The van der Waals surface area contributed by atoms with Crippen molar-refractivity contribution in [3.63, 3.8) is 0 Å². The molecule has 0 spiro atoms. The van der Waals surface area contributed by atoms with Crippen LogP contribution in [0, 0.1) is 5.82 Å². The highest BCUT2D eigenvalue weighted by atomic mass is 19.1. The average Bonchev–Trinajstić information content (AvgIpc) is 2.21. The molecule has 14 heavy (non-hydrogen) atoms. The summed E-state index contributed by atoms with van der Waals surface area (Å²) >= 11 is 0. The van der Waals surface area contributed by atoms with E-state index in [1.165, 1.54) is 24.3 Å². The van der Waals surface area contributed by atoms with Gasteiger partial charge in [-0.15, -0.1) is 0 Å². The molecule has 0 radical (unpaired) electrons. The van der Waals surface area contributed by atoms with Gasteiger partial charge in [0.15, 0.2) is 0 Å². The van der Waals surface area contributed by atoms with Gasteiger partial charge in [0.25, 0.3) is 0 Å². The van der Waals surface area contributed by atoms with Crippen molar-refractivity contribution in [1.29, 1.82) is 0 Å². The van der Waals surface area contributed by atoms with Crippen LogP contribution in [0.25, 0.3) is 5.57 Å². The molecule has 76 valence electrons. The van der Waals surface area contributed by atoms with E-state index in [4.69, 9.17) is 5.11 Å². The Morgan fingerprint density at radius 3 is 2.43 bits per heavy atom. The van der Waals surface area contributed by atoms with E-state index in [2.05, 4.69) is 0 Å². The number of benzene rings is 1. The minimum Gasteiger partial charge on any atom is -0.396 e. The molecule has 1 nitrogen and oxygen atoms in total. The Labute approximate surface area is 81.7 Å². The fraction of sp³-hybridized carbons (Fsp3) is 0.273. The molecule has 0 aromatic heterocycles. The Hall–Kier alpha value is -1.22. The Morgan fingerprint density at radius 2 is 1.93 bits per heavy atom. The summed E-state index contributed by atoms with van der Waals surface area (Å²) in [6.45, 7) is 0.0263. The average molecular weight is 198 g/mol. The van der Waals surface area contributed by atoms with Gasteiger partial charge in [-0.25, -0.2) is 8.78 Å². The lowest BCUT2D eigenvalue weighted by molar-refractivity contribution is 0.290. The second-order valence-electron chi connectivity index (χ2n) is 2.97. The van der Waals surface area contributed by atoms with Gasteiger partial charge in [0.2, 0.25) is 0 Å². The highest BCUT2D eigenvalue weighted by Gasteiger charge is 2.01. The largest absolute Gasteiger partial charge is 0.396 e. The Bertz CT molecular complexity index is 304. The number of aliphatic hydroxyl groups excluding tert-OH is 1. The summed E-state index contributed by atoms with van der Waals surface area (Å²) in [5.74, 6) is -0.339. The first-order chi connectivity index (χ1) is 6.77. The van der Waals surface area contributed by atoms with Gasteiger partial charge < -0.3 is 5.11 Å². The predicted molar refractivity (Wildman–Crippen MR) is 51.8 cm³/mol. The topological polar surface area (TPSA) is 20.2 Å². The molecule has 0 saturated carbocycles. The summed E-state index contributed by atoms with van der Waals surface area (Å²) in [4.78, 5) is 0. The van der Waals surface area contributed by atoms with Gasteiger partial charge in [-0.3, -0.25) is 0 Å². The fourth-order valence-corrected chi connectivity index (χ4v) is 1.20. The van der Waals surface area contributed by atoms with Crippen LogP contribution in [-0.2, 0) is 0 Å². The second-order valence-corrected chi connectivity index (χ2v) is 2.97. The van der Waals surface area contributed by atoms with Crippen LogP contribution in [0.5, 0.6) is 0 Å². The zero-order valence-corrected chi connectivity index (χ0v) is 7.71. The molecule has 1 N–H and O–H groups in total. The van der Waals surface area contributed by atoms with E-state index in [1.54, 1.807) is 0 Å². The molecular formula is C11H12F2O. The summed E-state index contributed by atoms with van der Waals surface area (Å²) in [5.41, 5.74) is 1.14. The van der Waals surface area contributed by atoms with Crippen LogP contribution in [0.3, 0.4) is 0 Å². The number of aliphatic hydroxyl groups is 1. The quantitative estimate of drug-likeness (QED) is 0.788. The minimum absolute atomic E-state index is 0.0263. The standard InChI is InChI=1S/C11H12F2O/c12-8-10(2-1-7-14)9-3-5-11(13)6-4-9/h3-6,8,14H,1-2,7H2. The Kier molecular flexibility index (Phi) is 4.26. The number of rotatable bonds is 4. The van der Waals surface area contributed by atoms with Crippen LogP contribution in [-0.4, -0.2) is 11.7 Å². The molecule has 0 unspecified atom stereocenters. The molecule has 0 heterocycles. The molecular weight excluding hydrogens is 186 g/mol. The molecule has 3 heteroatoms. The first-order valence-corrected chi connectivity index (χ1v) is 4.44. The van der Waals surface area contributed by atoms with Gasteiger partial charge in [0, 0.05) is 6.61 Å². The molecule has 0 amide bonds. The smallest absolute Gasteiger partial charge is 0.123 e. The number of halogens is 2. The van der Waals surface area contributed by atoms with Crippen molar-refractivity contribution in [1.82, 2.24) is 0 Å². The van der Waals surface area contributed by atoms with E-state index in [-0.39, 0.29) is 12.4 Å². The summed E-state index contributed by atoms with van der Waals surface area (Å²) in [6, 6.07) is 5.63. The second kappa shape index (κ2) is 5.50. The van der Waals surface area contributed by atoms with E-state index >= 15 is 0 Å². The van der Waals surface area contributed by atoms with Gasteiger partial charge >= 0.3 is 0 Å². The van der Waals surface area contributed by atoms with Gasteiger partial charge in [0.05, 0.1) is 6.33 Å². The minimum atomic E-state index is -0.339. The molecule has 0 fully saturated rings. The van der Waals surface area contributed by atoms with E-state index in [0.29, 0.717) is 30.3 Å². The van der Waals surface area contributed by atoms with Crippen molar-refractivity contribution >= 4 is 5.57 Å². The van der Waals surface area contributed by atoms with Crippen molar-refractivity contribution in [2.24, 2.45) is 0 Å². The van der Waals surface area contributed by atoms with Crippen LogP contribution < -0.4 is 0 Å². The molecule has 0 saturated heterocycles. The molecule has 1 aromatic carbocycles. The lowest BCUT2D eigenvalue weighted by atomic mass is 10.0. The van der Waals surface area contributed by atoms with Crippen LogP contribution in [0.15, 0.2) is 30.6 Å². The lowest BCUT2D eigenvalue weighted by Crippen LogP contribution is -1.88. The fourth-order valence-electron chi connectivity index (χ4n) is 1.20. The van der Waals surface area contributed by atoms with Crippen molar-refractivity contribution in [2.75, 3.05) is 6.61 Å². The van der Waals surface area contributed by atoms with Gasteiger partial charge in [-0.05, 0) is 36.1 Å². The molecule has 0 atom stereocenters. The van der Waals surface area contributed by atoms with Crippen molar-refractivity contribution < 1.29 is 13.9 Å². The van der Waals surface area contributed by atoms with Crippen LogP contribution in [0.1, 0.15) is 18.4 Å². The molecule has 0 aliphatic rings. The van der Waals surface area contributed by atoms with Crippen molar-refractivity contribution in [3.8, 4) is 0 Å². The van der Waals surface area contributed by atoms with Crippen molar-refractivity contribution in [3.05, 3.63) is 42.0 Å². The molecule has 1 rings (SSSR count). The van der Waals surface area contributed by atoms with E-state index in [0.717, 1.165) is 0 Å². The lowest BCUT2D eigenvalue weighted by Gasteiger charge is -2.04. The third-order valence-corrected chi connectivity index (χ3v) is 1.95. The van der Waals surface area contributed by atoms with E-state index in [1.807, 2.05) is 0 Å². The third kappa shape index (κ3) is 2.92. The number of hydrogen-bond donors (Lipinski definition) is 1. The monoisotopic (exact) mass is 198 g/mol. The highest BCUT2D eigenvalue weighted by Crippen LogP contribution is 2.20. The molecule has 0 bridgehead atoms. The van der Waals surface area contributed by atoms with Gasteiger partial charge in [0.1, 0.15) is 5.82 Å². The van der Waals surface area contributed by atoms with Crippen LogP contribution in [0.4, 0.5) is 8.78 Å². The third-order valence-electron chi connectivity index (χ3n) is 1.95. The first kappa shape index (κ1) is 10.9. The van der Waals surface area contributed by atoms with Crippen LogP contribution >= 0.6 is 0 Å².